The lowest BCUT2D eigenvalue weighted by Gasteiger charge is -2.29. The Bertz CT molecular complexity index is 151. The number of rotatable bonds is 2. The summed E-state index contributed by atoms with van der Waals surface area (Å²) < 4.78 is 0. The third-order valence-electron chi connectivity index (χ3n) is 2.89. The van der Waals surface area contributed by atoms with Crippen LogP contribution in [0.3, 0.4) is 0 Å². The van der Waals surface area contributed by atoms with Crippen molar-refractivity contribution in [3.05, 3.63) is 0 Å². The van der Waals surface area contributed by atoms with E-state index in [2.05, 4.69) is 30.9 Å². The zero-order chi connectivity index (χ0) is 8.55. The number of hydrogen-bond acceptors (Lipinski definition) is 2. The highest BCUT2D eigenvalue weighted by Gasteiger charge is 2.33. The lowest BCUT2D eigenvalue weighted by molar-refractivity contribution is 0.414. The average Bonchev–Trinajstić information content (AvgIpc) is 2.29. The predicted octanol–water partition coefficient (Wildman–Crippen LogP) is 2.83. The van der Waals surface area contributed by atoms with Crippen LogP contribution in [0.5, 0.6) is 0 Å². The molecule has 2 saturated heterocycles. The Morgan fingerprint density at radius 2 is 1.69 bits per heavy atom. The van der Waals surface area contributed by atoms with Gasteiger partial charge in [-0.05, 0) is 30.9 Å². The second-order valence-corrected chi connectivity index (χ2v) is 6.30. The van der Waals surface area contributed by atoms with Gasteiger partial charge in [0.1, 0.15) is 0 Å². The number of piperidine rings is 1. The first-order valence-corrected chi connectivity index (χ1v) is 6.10. The molecule has 3 heteroatoms. The molecule has 1 N–H and O–H groups in total. The van der Waals surface area contributed by atoms with E-state index in [1.54, 1.807) is 0 Å². The number of fused-ring (bicyclic) bond motifs is 2. The molecular formula is C10H20ClNS. The molecule has 2 atom stereocenters. The van der Waals surface area contributed by atoms with Crippen LogP contribution in [0.25, 0.3) is 0 Å². The molecule has 78 valence electrons. The Kier molecular flexibility index (Phi) is 4.40. The van der Waals surface area contributed by atoms with E-state index in [-0.39, 0.29) is 12.4 Å². The fourth-order valence-electron chi connectivity index (χ4n) is 2.50. The van der Waals surface area contributed by atoms with E-state index in [0.29, 0.717) is 0 Å². The number of nitrogens with one attached hydrogen (secondary N) is 1. The molecule has 2 rings (SSSR count). The summed E-state index contributed by atoms with van der Waals surface area (Å²) in [4.78, 5) is 0. The third kappa shape index (κ3) is 3.03. The second kappa shape index (κ2) is 4.90. The molecule has 2 bridgehead atoms. The minimum atomic E-state index is 0. The summed E-state index contributed by atoms with van der Waals surface area (Å²) in [5.74, 6) is 0. The first kappa shape index (κ1) is 11.7. The lowest BCUT2D eigenvalue weighted by Crippen LogP contribution is -2.39. The van der Waals surface area contributed by atoms with E-state index in [1.807, 2.05) is 0 Å². The maximum absolute atomic E-state index is 3.68. The molecule has 2 fully saturated rings. The van der Waals surface area contributed by atoms with Crippen LogP contribution >= 0.6 is 24.2 Å². The average molecular weight is 222 g/mol. The molecule has 0 aliphatic carbocycles. The molecule has 0 radical (unpaired) electrons. The smallest absolute Gasteiger partial charge is 0.00807 e. The molecule has 0 spiro atoms. The first-order valence-electron chi connectivity index (χ1n) is 5.15. The standard InChI is InChI=1S/C10H19NS.ClH/c1-7(2)12-10-5-8-3-4-9(6-10)11-8;/h7-11H,3-6H2,1-2H3;1H. The molecule has 0 aromatic heterocycles. The highest BCUT2D eigenvalue weighted by molar-refractivity contribution is 8.00. The molecule has 0 amide bonds. The minimum Gasteiger partial charge on any atom is -0.311 e. The van der Waals surface area contributed by atoms with Crippen molar-refractivity contribution in [2.75, 3.05) is 0 Å². The van der Waals surface area contributed by atoms with Gasteiger partial charge in [-0.15, -0.1) is 12.4 Å². The Morgan fingerprint density at radius 1 is 1.15 bits per heavy atom. The second-order valence-electron chi connectivity index (χ2n) is 4.42. The van der Waals surface area contributed by atoms with Crippen molar-refractivity contribution in [1.29, 1.82) is 0 Å². The fourth-order valence-corrected chi connectivity index (χ4v) is 3.96. The molecule has 0 aromatic carbocycles. The summed E-state index contributed by atoms with van der Waals surface area (Å²) in [6.07, 6.45) is 5.69. The Hall–Kier alpha value is 0.600. The SMILES string of the molecule is CC(C)SC1CC2CCC(C1)N2.Cl. The van der Waals surface area contributed by atoms with Crippen LogP contribution in [0.4, 0.5) is 0 Å². The van der Waals surface area contributed by atoms with Crippen molar-refractivity contribution in [3.63, 3.8) is 0 Å². The van der Waals surface area contributed by atoms with Gasteiger partial charge in [0.25, 0.3) is 0 Å². The van der Waals surface area contributed by atoms with Gasteiger partial charge in [-0.25, -0.2) is 0 Å². The normalized spacial score (nSPS) is 37.6. The van der Waals surface area contributed by atoms with Crippen LogP contribution in [0.15, 0.2) is 0 Å². The van der Waals surface area contributed by atoms with Gasteiger partial charge < -0.3 is 5.32 Å². The van der Waals surface area contributed by atoms with Gasteiger partial charge in [0.15, 0.2) is 0 Å². The van der Waals surface area contributed by atoms with Gasteiger partial charge in [-0.3, -0.25) is 0 Å². The molecule has 2 heterocycles. The predicted molar refractivity (Wildman–Crippen MR) is 62.9 cm³/mol. The van der Waals surface area contributed by atoms with Crippen LogP contribution in [0.2, 0.25) is 0 Å². The molecule has 2 unspecified atom stereocenters. The van der Waals surface area contributed by atoms with Gasteiger partial charge in [-0.2, -0.15) is 11.8 Å². The highest BCUT2D eigenvalue weighted by atomic mass is 35.5. The topological polar surface area (TPSA) is 12.0 Å². The Labute approximate surface area is 91.8 Å². The number of halogens is 1. The fraction of sp³-hybridized carbons (Fsp3) is 1.00. The van der Waals surface area contributed by atoms with Crippen LogP contribution in [0.1, 0.15) is 39.5 Å². The molecular weight excluding hydrogens is 202 g/mol. The van der Waals surface area contributed by atoms with E-state index < -0.39 is 0 Å². The maximum Gasteiger partial charge on any atom is 0.00807 e. The largest absolute Gasteiger partial charge is 0.311 e. The first-order chi connectivity index (χ1) is 5.74. The van der Waals surface area contributed by atoms with Gasteiger partial charge in [0.05, 0.1) is 0 Å². The monoisotopic (exact) mass is 221 g/mol. The van der Waals surface area contributed by atoms with Crippen molar-refractivity contribution in [2.24, 2.45) is 0 Å². The summed E-state index contributed by atoms with van der Waals surface area (Å²) in [6, 6.07) is 1.72. The molecule has 2 aliphatic rings. The summed E-state index contributed by atoms with van der Waals surface area (Å²) in [6.45, 7) is 4.63. The number of hydrogen-bond donors (Lipinski definition) is 1. The van der Waals surface area contributed by atoms with Crippen LogP contribution in [-0.4, -0.2) is 22.6 Å². The summed E-state index contributed by atoms with van der Waals surface area (Å²) in [7, 11) is 0. The highest BCUT2D eigenvalue weighted by Crippen LogP contribution is 2.35. The quantitative estimate of drug-likeness (QED) is 0.770. The molecule has 1 nitrogen and oxygen atoms in total. The van der Waals surface area contributed by atoms with Gasteiger partial charge >= 0.3 is 0 Å². The molecule has 0 saturated carbocycles. The van der Waals surface area contributed by atoms with Crippen molar-refractivity contribution >= 4 is 24.2 Å². The molecule has 13 heavy (non-hydrogen) atoms. The van der Waals surface area contributed by atoms with E-state index in [1.165, 1.54) is 25.7 Å². The Balaban J connectivity index is 0.000000845. The third-order valence-corrected chi connectivity index (χ3v) is 4.21. The van der Waals surface area contributed by atoms with Gasteiger partial charge in [0.2, 0.25) is 0 Å². The lowest BCUT2D eigenvalue weighted by atomic mass is 10.1. The van der Waals surface area contributed by atoms with Crippen molar-refractivity contribution in [3.8, 4) is 0 Å². The molecule has 2 aliphatic heterocycles. The van der Waals surface area contributed by atoms with Crippen molar-refractivity contribution in [2.45, 2.75) is 62.1 Å². The maximum atomic E-state index is 3.68. The number of thioether (sulfide) groups is 1. The van der Waals surface area contributed by atoms with E-state index in [4.69, 9.17) is 0 Å². The van der Waals surface area contributed by atoms with Crippen LogP contribution in [-0.2, 0) is 0 Å². The van der Waals surface area contributed by atoms with Crippen molar-refractivity contribution < 1.29 is 0 Å². The minimum absolute atomic E-state index is 0. The van der Waals surface area contributed by atoms with Crippen molar-refractivity contribution in [1.82, 2.24) is 5.32 Å². The summed E-state index contributed by atoms with van der Waals surface area (Å²) in [5, 5.41) is 5.44. The van der Waals surface area contributed by atoms with Gasteiger partial charge in [-0.1, -0.05) is 13.8 Å². The zero-order valence-corrected chi connectivity index (χ0v) is 10.1. The van der Waals surface area contributed by atoms with E-state index in [0.717, 1.165) is 22.6 Å². The van der Waals surface area contributed by atoms with E-state index in [9.17, 15) is 0 Å². The van der Waals surface area contributed by atoms with Gasteiger partial charge in [0, 0.05) is 17.3 Å². The summed E-state index contributed by atoms with van der Waals surface area (Å²) >= 11 is 2.18. The molecule has 0 aromatic rings. The van der Waals surface area contributed by atoms with E-state index >= 15 is 0 Å². The van der Waals surface area contributed by atoms with Crippen LogP contribution < -0.4 is 5.32 Å². The Morgan fingerprint density at radius 3 is 2.15 bits per heavy atom. The summed E-state index contributed by atoms with van der Waals surface area (Å²) in [5.41, 5.74) is 0. The zero-order valence-electron chi connectivity index (χ0n) is 8.45. The van der Waals surface area contributed by atoms with Crippen LogP contribution in [0, 0.1) is 0 Å².